The van der Waals surface area contributed by atoms with Gasteiger partial charge in [-0.15, -0.1) is 0 Å². The highest BCUT2D eigenvalue weighted by Crippen LogP contribution is 2.66. The number of aliphatic hydroxyl groups is 2. The molecule has 0 spiro atoms. The molecule has 2 bridgehead atoms. The number of alkyl carbamates (subject to hydrolysis) is 1. The van der Waals surface area contributed by atoms with Crippen LogP contribution in [0.15, 0.2) is 78.5 Å². The first-order valence-corrected chi connectivity index (χ1v) is 20.5. The third-order valence-corrected chi connectivity index (χ3v) is 13.5. The predicted octanol–water partition coefficient (Wildman–Crippen LogP) is 5.05. The zero-order valence-electron chi connectivity index (χ0n) is 35.3. The van der Waals surface area contributed by atoms with E-state index in [2.05, 4.69) is 16.9 Å². The molecule has 0 radical (unpaired) electrons. The van der Waals surface area contributed by atoms with Gasteiger partial charge in [0, 0.05) is 30.4 Å². The van der Waals surface area contributed by atoms with Crippen molar-refractivity contribution in [2.75, 3.05) is 6.61 Å². The molecule has 3 heterocycles. The van der Waals surface area contributed by atoms with Gasteiger partial charge in [-0.3, -0.25) is 9.78 Å². The molecule has 15 nitrogen and oxygen atoms in total. The smallest absolute Gasteiger partial charge is 0.408 e. The average Bonchev–Trinajstić information content (AvgIpc) is 3.61. The lowest BCUT2D eigenvalue weighted by Crippen LogP contribution is -2.79. The number of carbonyl (C=O) groups is 4. The number of rotatable bonds is 10. The SMILES string of the molecule is C=C[C@@H]1O[C@@H]2C3=C(C)[C@@H](OC(=O)[C@](C)(O)[C@@H](NC(=O)OC(C)C)c4ccccn4)C[C@@](O)([C@@H](OC(=O)c4ccccc4)[C@H]4[C@@](C)(CC[C@H]5OC[C@]54OC(C)=O)[C@@H]2O1)C3(C)C. The van der Waals surface area contributed by atoms with Crippen molar-refractivity contribution in [2.45, 2.75) is 140 Å². The molecule has 7 rings (SSSR count). The maximum Gasteiger partial charge on any atom is 0.408 e. The summed E-state index contributed by atoms with van der Waals surface area (Å²) in [7, 11) is 0. The average molecular weight is 833 g/mol. The maximum absolute atomic E-state index is 14.5. The first-order chi connectivity index (χ1) is 28.2. The van der Waals surface area contributed by atoms with Gasteiger partial charge in [0.1, 0.15) is 36.1 Å². The molecule has 2 aromatic rings. The number of hydrogen-bond donors (Lipinski definition) is 3. The van der Waals surface area contributed by atoms with E-state index in [0.717, 1.165) is 0 Å². The van der Waals surface area contributed by atoms with Gasteiger partial charge in [-0.25, -0.2) is 14.4 Å². The summed E-state index contributed by atoms with van der Waals surface area (Å²) in [5.41, 5.74) is -6.78. The monoisotopic (exact) mass is 832 g/mol. The van der Waals surface area contributed by atoms with Crippen LogP contribution in [-0.2, 0) is 42.7 Å². The number of pyridine rings is 1. The quantitative estimate of drug-likeness (QED) is 0.163. The summed E-state index contributed by atoms with van der Waals surface area (Å²) < 4.78 is 44.0. The molecular weight excluding hydrogens is 776 g/mol. The molecule has 324 valence electrons. The summed E-state index contributed by atoms with van der Waals surface area (Å²) in [4.78, 5) is 59.2. The normalized spacial score (nSPS) is 35.4. The van der Waals surface area contributed by atoms with E-state index in [1.54, 1.807) is 63.2 Å². The second-order valence-electron chi connectivity index (χ2n) is 18.0. The molecule has 4 fully saturated rings. The summed E-state index contributed by atoms with van der Waals surface area (Å²) in [6, 6.07) is 11.7. The highest BCUT2D eigenvalue weighted by Gasteiger charge is 2.77. The molecule has 3 aliphatic carbocycles. The fraction of sp³-hybridized carbons (Fsp3) is 0.578. The van der Waals surface area contributed by atoms with E-state index in [1.807, 2.05) is 20.8 Å². The van der Waals surface area contributed by atoms with Crippen molar-refractivity contribution in [1.82, 2.24) is 10.3 Å². The summed E-state index contributed by atoms with van der Waals surface area (Å²) >= 11 is 0. The van der Waals surface area contributed by atoms with Crippen molar-refractivity contribution in [3.05, 3.63) is 89.8 Å². The third kappa shape index (κ3) is 7.01. The molecule has 2 aliphatic heterocycles. The zero-order valence-corrected chi connectivity index (χ0v) is 35.3. The molecule has 15 heteroatoms. The maximum atomic E-state index is 14.5. The number of nitrogens with one attached hydrogen (secondary N) is 1. The van der Waals surface area contributed by atoms with Crippen LogP contribution in [0.5, 0.6) is 0 Å². The van der Waals surface area contributed by atoms with Crippen LogP contribution in [0.2, 0.25) is 0 Å². The Labute approximate surface area is 349 Å². The van der Waals surface area contributed by atoms with Crippen LogP contribution < -0.4 is 5.32 Å². The number of aromatic nitrogens is 1. The highest BCUT2D eigenvalue weighted by atomic mass is 16.7. The van der Waals surface area contributed by atoms with Crippen LogP contribution in [0.4, 0.5) is 4.79 Å². The highest BCUT2D eigenvalue weighted by molar-refractivity contribution is 5.89. The standard InChI is InChI=1S/C45H56N2O13/c1-10-31-57-33-32-25(4)29(56-39(50)43(9,52)35(28-18-14-15-21-46-28)47-40(51)55-24(2)3)22-45(53,41(32,6)7)37(59-38(49)27-16-12-11-13-17-27)34-42(8,36(33)58-31)20-19-30-44(34,23-54-30)60-26(5)48/h10-18,21,24,29-31,33-37,52-53H,1,19-20,22-23H2,2-9H3,(H,47,51)/t29-,30+,31+,33+,34-,35-,36+,37-,42+,43+,44-,45+/m0/s1. The minimum atomic E-state index is -2.45. The molecule has 2 saturated carbocycles. The van der Waals surface area contributed by atoms with Gasteiger partial charge in [0.2, 0.25) is 0 Å². The molecule has 60 heavy (non-hydrogen) atoms. The van der Waals surface area contributed by atoms with Gasteiger partial charge in [0.05, 0.1) is 36.0 Å². The van der Waals surface area contributed by atoms with E-state index in [9.17, 15) is 29.4 Å². The minimum absolute atomic E-state index is 0.0410. The number of ether oxygens (including phenoxy) is 7. The van der Waals surface area contributed by atoms with E-state index in [0.29, 0.717) is 24.0 Å². The second kappa shape index (κ2) is 15.7. The fourth-order valence-electron chi connectivity index (χ4n) is 10.5. The van der Waals surface area contributed by atoms with Crippen LogP contribution in [0.3, 0.4) is 0 Å². The second-order valence-corrected chi connectivity index (χ2v) is 18.0. The molecule has 5 aliphatic rings. The number of hydrogen-bond acceptors (Lipinski definition) is 14. The van der Waals surface area contributed by atoms with Crippen molar-refractivity contribution in [2.24, 2.45) is 16.7 Å². The first kappa shape index (κ1) is 43.4. The summed E-state index contributed by atoms with van der Waals surface area (Å²) in [6.45, 7) is 17.1. The number of esters is 3. The fourth-order valence-corrected chi connectivity index (χ4v) is 10.5. The van der Waals surface area contributed by atoms with E-state index < -0.39 is 107 Å². The molecule has 2 saturated heterocycles. The lowest BCUT2D eigenvalue weighted by atomic mass is 9.45. The van der Waals surface area contributed by atoms with E-state index in [-0.39, 0.29) is 24.3 Å². The van der Waals surface area contributed by atoms with Crippen LogP contribution in [0.1, 0.15) is 96.7 Å². The molecular formula is C45H56N2O13. The Kier molecular flexibility index (Phi) is 11.3. The van der Waals surface area contributed by atoms with Crippen LogP contribution in [0.25, 0.3) is 0 Å². The summed E-state index contributed by atoms with van der Waals surface area (Å²) in [6.07, 6.45) is -3.70. The topological polar surface area (TPSA) is 198 Å². The van der Waals surface area contributed by atoms with Crippen molar-refractivity contribution >= 4 is 24.0 Å². The number of carbonyl (C=O) groups excluding carboxylic acids is 4. The van der Waals surface area contributed by atoms with Crippen molar-refractivity contribution in [3.8, 4) is 0 Å². The Balaban J connectivity index is 1.39. The van der Waals surface area contributed by atoms with Gasteiger partial charge in [0.25, 0.3) is 0 Å². The van der Waals surface area contributed by atoms with Crippen LogP contribution in [-0.4, -0.2) is 106 Å². The Morgan fingerprint density at radius 3 is 2.35 bits per heavy atom. The Morgan fingerprint density at radius 2 is 1.75 bits per heavy atom. The Morgan fingerprint density at radius 1 is 1.05 bits per heavy atom. The van der Waals surface area contributed by atoms with E-state index in [1.165, 1.54) is 32.2 Å². The largest absolute Gasteiger partial charge is 0.456 e. The molecule has 0 unspecified atom stereocenters. The third-order valence-electron chi connectivity index (χ3n) is 13.5. The predicted molar refractivity (Wildman–Crippen MR) is 213 cm³/mol. The van der Waals surface area contributed by atoms with Crippen LogP contribution >= 0.6 is 0 Å². The van der Waals surface area contributed by atoms with Crippen molar-refractivity contribution in [3.63, 3.8) is 0 Å². The van der Waals surface area contributed by atoms with Gasteiger partial charge in [-0.05, 0) is 82.0 Å². The Hall–Kier alpha value is -4.67. The van der Waals surface area contributed by atoms with Gasteiger partial charge in [-0.1, -0.05) is 51.6 Å². The van der Waals surface area contributed by atoms with E-state index in [4.69, 9.17) is 33.2 Å². The summed E-state index contributed by atoms with van der Waals surface area (Å²) in [5, 5.41) is 28.5. The van der Waals surface area contributed by atoms with Crippen molar-refractivity contribution < 1.29 is 62.5 Å². The lowest BCUT2D eigenvalue weighted by molar-refractivity contribution is -0.345. The summed E-state index contributed by atoms with van der Waals surface area (Å²) in [5.74, 6) is -3.43. The molecule has 1 aromatic carbocycles. The van der Waals surface area contributed by atoms with Crippen LogP contribution in [0, 0.1) is 16.7 Å². The van der Waals surface area contributed by atoms with Gasteiger partial charge < -0.3 is 48.7 Å². The van der Waals surface area contributed by atoms with E-state index >= 15 is 0 Å². The molecule has 12 atom stereocenters. The number of amides is 1. The zero-order chi connectivity index (χ0) is 43.6. The lowest BCUT2D eigenvalue weighted by Gasteiger charge is -2.68. The van der Waals surface area contributed by atoms with Gasteiger partial charge >= 0.3 is 24.0 Å². The number of fused-ring (bicyclic) bond motifs is 8. The van der Waals surface area contributed by atoms with Gasteiger partial charge in [0.15, 0.2) is 17.5 Å². The van der Waals surface area contributed by atoms with Crippen molar-refractivity contribution in [1.29, 1.82) is 0 Å². The molecule has 1 aromatic heterocycles. The molecule has 3 N–H and O–H groups in total. The minimum Gasteiger partial charge on any atom is -0.456 e. The molecule has 1 amide bonds. The number of nitrogens with zero attached hydrogens (tertiary/aromatic N) is 1. The van der Waals surface area contributed by atoms with Gasteiger partial charge in [-0.2, -0.15) is 0 Å². The Bertz CT molecular complexity index is 2040. The first-order valence-electron chi connectivity index (χ1n) is 20.5. The number of benzene rings is 1.